The summed E-state index contributed by atoms with van der Waals surface area (Å²) in [6.07, 6.45) is 5.62. The number of morpholine rings is 2. The number of halogens is 2. The highest BCUT2D eigenvalue weighted by atomic mass is 35.5. The van der Waals surface area contributed by atoms with E-state index in [-0.39, 0.29) is 27.5 Å². The van der Waals surface area contributed by atoms with E-state index in [0.717, 1.165) is 50.7 Å². The third-order valence-corrected chi connectivity index (χ3v) is 8.68. The minimum atomic E-state index is -0.112. The van der Waals surface area contributed by atoms with E-state index in [1.807, 2.05) is 26.8 Å². The molecule has 0 unspecified atom stereocenters. The van der Waals surface area contributed by atoms with Gasteiger partial charge in [0.15, 0.2) is 10.3 Å². The topological polar surface area (TPSA) is 127 Å². The third-order valence-electron chi connectivity index (χ3n) is 8.13. The van der Waals surface area contributed by atoms with Gasteiger partial charge in [-0.25, -0.2) is 9.97 Å². The molecule has 2 N–H and O–H groups in total. The van der Waals surface area contributed by atoms with Gasteiger partial charge in [0.2, 0.25) is 11.8 Å². The van der Waals surface area contributed by atoms with E-state index in [1.54, 1.807) is 20.3 Å². The van der Waals surface area contributed by atoms with Crippen molar-refractivity contribution in [3.8, 4) is 11.5 Å². The Morgan fingerprint density at radius 1 is 0.809 bits per heavy atom. The number of methoxy groups -OCH3 is 2. The van der Waals surface area contributed by atoms with Crippen LogP contribution in [0.2, 0.25) is 10.3 Å². The zero-order valence-electron chi connectivity index (χ0n) is 28.1. The van der Waals surface area contributed by atoms with Crippen molar-refractivity contribution in [3.63, 3.8) is 0 Å². The predicted octanol–water partition coefficient (Wildman–Crippen LogP) is 6.05. The minimum absolute atomic E-state index is 0.0250. The van der Waals surface area contributed by atoms with Crippen LogP contribution in [0.25, 0.3) is 0 Å². The number of carbonyl (C=O) groups is 2. The number of carbonyl (C=O) groups excluding carboxylic acids is 2. The van der Waals surface area contributed by atoms with Gasteiger partial charge in [0.05, 0.1) is 40.6 Å². The largest absolute Gasteiger partial charge is 0.494 e. The van der Waals surface area contributed by atoms with Gasteiger partial charge in [-0.15, -0.1) is 0 Å². The summed E-state index contributed by atoms with van der Waals surface area (Å²) >= 11 is 12.6. The zero-order chi connectivity index (χ0) is 34.0. The summed E-state index contributed by atoms with van der Waals surface area (Å²) < 4.78 is 21.5. The Kier molecular flexibility index (Phi) is 13.6. The smallest absolute Gasteiger partial charge is 0.225 e. The molecule has 3 fully saturated rings. The van der Waals surface area contributed by atoms with E-state index in [2.05, 4.69) is 30.4 Å². The molecule has 2 aromatic heterocycles. The number of hydrogen-bond acceptors (Lipinski definition) is 10. The molecule has 14 heteroatoms. The maximum atomic E-state index is 12.3. The van der Waals surface area contributed by atoms with E-state index < -0.39 is 0 Å². The number of anilines is 4. The quantitative estimate of drug-likeness (QED) is 0.299. The van der Waals surface area contributed by atoms with Crippen LogP contribution in [0.1, 0.15) is 59.3 Å². The van der Waals surface area contributed by atoms with Crippen LogP contribution in [-0.2, 0) is 19.1 Å². The summed E-state index contributed by atoms with van der Waals surface area (Å²) in [5, 5.41) is 6.19. The molecule has 0 bridgehead atoms. The Hall–Kier alpha value is -3.06. The molecule has 0 spiro atoms. The molecule has 2 aromatic rings. The number of hydrogen-bond donors (Lipinski definition) is 2. The Morgan fingerprint density at radius 2 is 1.23 bits per heavy atom. The highest BCUT2D eigenvalue weighted by Crippen LogP contribution is 2.37. The van der Waals surface area contributed by atoms with E-state index in [0.29, 0.717) is 68.1 Å². The summed E-state index contributed by atoms with van der Waals surface area (Å²) in [5.74, 6) is 2.86. The Balaban J connectivity index is 0.000000213. The number of pyridine rings is 2. The van der Waals surface area contributed by atoms with Crippen LogP contribution in [0.15, 0.2) is 12.1 Å². The van der Waals surface area contributed by atoms with Crippen molar-refractivity contribution >= 4 is 58.0 Å². The first kappa shape index (κ1) is 36.8. The van der Waals surface area contributed by atoms with Crippen LogP contribution in [0.3, 0.4) is 0 Å². The lowest BCUT2D eigenvalue weighted by molar-refractivity contribution is -0.118. The number of ether oxygens (including phenoxy) is 4. The number of nitrogens with zero attached hydrogens (tertiary/aromatic N) is 4. The van der Waals surface area contributed by atoms with Gasteiger partial charge in [-0.3, -0.25) is 9.59 Å². The Labute approximate surface area is 287 Å². The van der Waals surface area contributed by atoms with Gasteiger partial charge in [0, 0.05) is 51.2 Å². The molecule has 12 nitrogen and oxygen atoms in total. The maximum absolute atomic E-state index is 12.3. The van der Waals surface area contributed by atoms with Crippen molar-refractivity contribution in [3.05, 3.63) is 22.4 Å². The summed E-state index contributed by atoms with van der Waals surface area (Å²) in [7, 11) is 3.12. The predicted molar refractivity (Wildman–Crippen MR) is 186 cm³/mol. The molecule has 260 valence electrons. The highest BCUT2D eigenvalue weighted by Gasteiger charge is 2.24. The fraction of sp³-hybridized carbons (Fsp3) is 0.636. The molecular formula is C33H48Cl2N6O6. The average Bonchev–Trinajstić information content (AvgIpc) is 3.56. The first-order chi connectivity index (χ1) is 22.5. The lowest BCUT2D eigenvalue weighted by Crippen LogP contribution is -2.36. The molecule has 2 aliphatic heterocycles. The first-order valence-corrected chi connectivity index (χ1v) is 17.0. The molecule has 2 saturated heterocycles. The van der Waals surface area contributed by atoms with E-state index >= 15 is 0 Å². The highest BCUT2D eigenvalue weighted by molar-refractivity contribution is 6.33. The second kappa shape index (κ2) is 17.4. The molecular weight excluding hydrogens is 647 g/mol. The third kappa shape index (κ3) is 11.0. The van der Waals surface area contributed by atoms with Crippen LogP contribution in [0.4, 0.5) is 23.0 Å². The molecule has 1 aliphatic carbocycles. The lowest BCUT2D eigenvalue weighted by Gasteiger charge is -2.28. The Morgan fingerprint density at radius 3 is 1.64 bits per heavy atom. The fourth-order valence-electron chi connectivity index (χ4n) is 5.75. The lowest BCUT2D eigenvalue weighted by atomic mass is 9.92. The standard InChI is InChI=1S/C17H24ClN3O3.C16H24ClN3O3/c1-23-13-11-14(21-6-8-24-9-7-21)19-17(18)16(13)20-15(22)10-12-4-2-3-5-12;1-16(2,3)10-13(21)19-14-11(22-4)9-12(18-15(14)17)20-5-7-23-8-6-20/h11-12H,2-10H2,1H3,(H,20,22);9H,5-8,10H2,1-4H3,(H,19,21). The van der Waals surface area contributed by atoms with Crippen LogP contribution in [0, 0.1) is 11.3 Å². The van der Waals surface area contributed by atoms with E-state index in [9.17, 15) is 9.59 Å². The van der Waals surface area contributed by atoms with Crippen LogP contribution in [-0.4, -0.2) is 88.6 Å². The van der Waals surface area contributed by atoms with E-state index in [1.165, 1.54) is 12.8 Å². The average molecular weight is 696 g/mol. The van der Waals surface area contributed by atoms with Gasteiger partial charge in [-0.05, 0) is 24.2 Å². The molecule has 4 heterocycles. The maximum Gasteiger partial charge on any atom is 0.225 e. The number of rotatable bonds is 9. The SMILES string of the molecule is COc1cc(N2CCOCC2)nc(Cl)c1NC(=O)CC(C)(C)C.COc1cc(N2CCOCC2)nc(Cl)c1NC(=O)CC1CCCC1. The zero-order valence-corrected chi connectivity index (χ0v) is 29.6. The summed E-state index contributed by atoms with van der Waals surface area (Å²) in [5.41, 5.74) is 0.768. The molecule has 0 aromatic carbocycles. The first-order valence-electron chi connectivity index (χ1n) is 16.2. The van der Waals surface area contributed by atoms with Crippen molar-refractivity contribution in [1.82, 2.24) is 9.97 Å². The van der Waals surface area contributed by atoms with Crippen molar-refractivity contribution in [2.75, 3.05) is 87.3 Å². The minimum Gasteiger partial charge on any atom is -0.494 e. The van der Waals surface area contributed by atoms with Crippen molar-refractivity contribution < 1.29 is 28.5 Å². The van der Waals surface area contributed by atoms with Gasteiger partial charge in [-0.2, -0.15) is 0 Å². The molecule has 47 heavy (non-hydrogen) atoms. The number of nitrogens with one attached hydrogen (secondary N) is 2. The summed E-state index contributed by atoms with van der Waals surface area (Å²) in [6, 6.07) is 3.62. The fourth-order valence-corrected chi connectivity index (χ4v) is 6.20. The van der Waals surface area contributed by atoms with Crippen molar-refractivity contribution in [2.24, 2.45) is 11.3 Å². The van der Waals surface area contributed by atoms with Gasteiger partial charge in [0.25, 0.3) is 0 Å². The number of amides is 2. The van der Waals surface area contributed by atoms with Gasteiger partial charge < -0.3 is 39.4 Å². The molecule has 5 rings (SSSR count). The normalized spacial score (nSPS) is 17.1. The second-order valence-electron chi connectivity index (χ2n) is 13.1. The molecule has 1 saturated carbocycles. The molecule has 0 atom stereocenters. The monoisotopic (exact) mass is 694 g/mol. The Bertz CT molecular complexity index is 1360. The van der Waals surface area contributed by atoms with Gasteiger partial charge >= 0.3 is 0 Å². The van der Waals surface area contributed by atoms with E-state index in [4.69, 9.17) is 42.1 Å². The van der Waals surface area contributed by atoms with Crippen molar-refractivity contribution in [1.29, 1.82) is 0 Å². The molecule has 0 radical (unpaired) electrons. The van der Waals surface area contributed by atoms with Crippen LogP contribution in [0.5, 0.6) is 11.5 Å². The second-order valence-corrected chi connectivity index (χ2v) is 13.8. The van der Waals surface area contributed by atoms with Crippen molar-refractivity contribution in [2.45, 2.75) is 59.3 Å². The van der Waals surface area contributed by atoms with Crippen LogP contribution < -0.4 is 29.9 Å². The number of aromatic nitrogens is 2. The van der Waals surface area contributed by atoms with Gasteiger partial charge in [-0.1, -0.05) is 56.8 Å². The molecule has 3 aliphatic rings. The molecule has 2 amide bonds. The van der Waals surface area contributed by atoms with Crippen LogP contribution >= 0.6 is 23.2 Å². The summed E-state index contributed by atoms with van der Waals surface area (Å²) in [4.78, 5) is 37.5. The van der Waals surface area contributed by atoms with Gasteiger partial charge in [0.1, 0.15) is 34.5 Å². The summed E-state index contributed by atoms with van der Waals surface area (Å²) in [6.45, 7) is 11.7.